The van der Waals surface area contributed by atoms with Crippen LogP contribution in [0, 0.1) is 0 Å². The summed E-state index contributed by atoms with van der Waals surface area (Å²) in [5.41, 5.74) is 5.74. The first kappa shape index (κ1) is 15.9. The van der Waals surface area contributed by atoms with E-state index in [-0.39, 0.29) is 5.02 Å². The van der Waals surface area contributed by atoms with Crippen molar-refractivity contribution in [1.82, 2.24) is 15.2 Å². The highest BCUT2D eigenvalue weighted by Crippen LogP contribution is 2.35. The Kier molecular flexibility index (Phi) is 4.09. The lowest BCUT2D eigenvalue weighted by molar-refractivity contribution is -0.137. The van der Waals surface area contributed by atoms with Crippen LogP contribution < -0.4 is 10.6 Å². The fourth-order valence-electron chi connectivity index (χ4n) is 2.78. The molecule has 3 N–H and O–H groups in total. The van der Waals surface area contributed by atoms with Crippen LogP contribution in [0.15, 0.2) is 18.3 Å². The molecule has 0 atom stereocenters. The summed E-state index contributed by atoms with van der Waals surface area (Å²) >= 11 is 5.99. The summed E-state index contributed by atoms with van der Waals surface area (Å²) in [6, 6.07) is 2.73. The van der Waals surface area contributed by atoms with E-state index in [0.717, 1.165) is 30.8 Å². The van der Waals surface area contributed by atoms with Gasteiger partial charge in [-0.3, -0.25) is 5.10 Å². The van der Waals surface area contributed by atoms with Crippen LogP contribution in [0.25, 0.3) is 0 Å². The number of nitrogens with two attached hydrogens (primary N) is 1. The molecule has 0 amide bonds. The van der Waals surface area contributed by atoms with Crippen LogP contribution in [-0.4, -0.2) is 28.3 Å². The van der Waals surface area contributed by atoms with Gasteiger partial charge in [0.15, 0.2) is 0 Å². The number of nitrogen functional groups attached to an aromatic ring is 1. The number of H-pyrrole nitrogens is 1. The van der Waals surface area contributed by atoms with Gasteiger partial charge in [-0.25, -0.2) is 4.98 Å². The molecule has 9 heteroatoms. The highest BCUT2D eigenvalue weighted by atomic mass is 35.5. The Hall–Kier alpha value is -1.96. The van der Waals surface area contributed by atoms with Crippen LogP contribution in [0.3, 0.4) is 0 Å². The molecule has 1 saturated heterocycles. The second kappa shape index (κ2) is 5.92. The zero-order valence-corrected chi connectivity index (χ0v) is 12.8. The maximum atomic E-state index is 12.7. The number of nitrogens with zero attached hydrogens (tertiary/aromatic N) is 3. The molecule has 0 aromatic carbocycles. The van der Waals surface area contributed by atoms with Crippen LogP contribution in [0.2, 0.25) is 5.02 Å². The van der Waals surface area contributed by atoms with Crippen LogP contribution >= 0.6 is 11.6 Å². The summed E-state index contributed by atoms with van der Waals surface area (Å²) < 4.78 is 38.0. The first-order valence-corrected chi connectivity index (χ1v) is 7.51. The average Bonchev–Trinajstić information content (AvgIpc) is 2.93. The van der Waals surface area contributed by atoms with Crippen molar-refractivity contribution in [2.75, 3.05) is 23.7 Å². The van der Waals surface area contributed by atoms with Gasteiger partial charge >= 0.3 is 6.18 Å². The van der Waals surface area contributed by atoms with Gasteiger partial charge in [-0.1, -0.05) is 11.6 Å². The van der Waals surface area contributed by atoms with E-state index in [1.165, 1.54) is 0 Å². The summed E-state index contributed by atoms with van der Waals surface area (Å²) in [5.74, 6) is 1.14. The molecular formula is C14H15ClF3N5. The van der Waals surface area contributed by atoms with Crippen molar-refractivity contribution < 1.29 is 13.2 Å². The SMILES string of the molecule is Nc1cc(C2CCN(c3ncc(C(F)(F)F)cc3Cl)CC2)[nH]n1. The van der Waals surface area contributed by atoms with Gasteiger partial charge in [-0.2, -0.15) is 18.3 Å². The van der Waals surface area contributed by atoms with Gasteiger partial charge in [0.25, 0.3) is 0 Å². The minimum Gasteiger partial charge on any atom is -0.382 e. The molecule has 3 heterocycles. The maximum absolute atomic E-state index is 12.7. The number of rotatable bonds is 2. The van der Waals surface area contributed by atoms with E-state index < -0.39 is 11.7 Å². The number of anilines is 2. The van der Waals surface area contributed by atoms with E-state index in [1.54, 1.807) is 0 Å². The number of alkyl halides is 3. The third-order valence-corrected chi connectivity index (χ3v) is 4.28. The second-order valence-corrected chi connectivity index (χ2v) is 5.94. The molecule has 0 radical (unpaired) electrons. The van der Waals surface area contributed by atoms with Crippen LogP contribution in [-0.2, 0) is 6.18 Å². The van der Waals surface area contributed by atoms with Gasteiger partial charge in [-0.15, -0.1) is 0 Å². The number of piperidine rings is 1. The van der Waals surface area contributed by atoms with Crippen molar-refractivity contribution in [3.63, 3.8) is 0 Å². The van der Waals surface area contributed by atoms with Gasteiger partial charge in [0.05, 0.1) is 10.6 Å². The average molecular weight is 346 g/mol. The molecule has 0 spiro atoms. The van der Waals surface area contributed by atoms with Crippen LogP contribution in [0.1, 0.15) is 30.0 Å². The third-order valence-electron chi connectivity index (χ3n) is 4.00. The third kappa shape index (κ3) is 3.36. The predicted molar refractivity (Wildman–Crippen MR) is 81.4 cm³/mol. The molecule has 23 heavy (non-hydrogen) atoms. The first-order valence-electron chi connectivity index (χ1n) is 7.13. The van der Waals surface area contributed by atoms with E-state index in [1.807, 2.05) is 11.0 Å². The smallest absolute Gasteiger partial charge is 0.382 e. The minimum atomic E-state index is -4.44. The van der Waals surface area contributed by atoms with E-state index in [4.69, 9.17) is 17.3 Å². The summed E-state index contributed by atoms with van der Waals surface area (Å²) in [7, 11) is 0. The van der Waals surface area contributed by atoms with Crippen LogP contribution in [0.4, 0.5) is 24.8 Å². The summed E-state index contributed by atoms with van der Waals surface area (Å²) in [6.45, 7) is 1.31. The molecule has 0 aliphatic carbocycles. The van der Waals surface area contributed by atoms with Crippen molar-refractivity contribution in [3.8, 4) is 0 Å². The van der Waals surface area contributed by atoms with Gasteiger partial charge in [0.2, 0.25) is 0 Å². The number of pyridine rings is 1. The molecule has 3 rings (SSSR count). The molecule has 0 saturated carbocycles. The molecular weight excluding hydrogens is 331 g/mol. The van der Waals surface area contributed by atoms with Crippen molar-refractivity contribution in [2.45, 2.75) is 24.9 Å². The Morgan fingerprint density at radius 2 is 1.96 bits per heavy atom. The highest BCUT2D eigenvalue weighted by Gasteiger charge is 2.32. The Balaban J connectivity index is 1.70. The second-order valence-electron chi connectivity index (χ2n) is 5.54. The number of hydrogen-bond acceptors (Lipinski definition) is 4. The summed E-state index contributed by atoms with van der Waals surface area (Å²) in [6.07, 6.45) is -1.98. The van der Waals surface area contributed by atoms with Crippen molar-refractivity contribution in [1.29, 1.82) is 0 Å². The number of hydrogen-bond donors (Lipinski definition) is 2. The zero-order chi connectivity index (χ0) is 16.6. The Labute approximate surface area is 135 Å². The lowest BCUT2D eigenvalue weighted by Crippen LogP contribution is -2.33. The normalized spacial score (nSPS) is 16.8. The maximum Gasteiger partial charge on any atom is 0.417 e. The molecule has 0 unspecified atom stereocenters. The van der Waals surface area contributed by atoms with Crippen molar-refractivity contribution in [2.24, 2.45) is 0 Å². The molecule has 2 aromatic heterocycles. The molecule has 1 aliphatic rings. The van der Waals surface area contributed by atoms with E-state index >= 15 is 0 Å². The zero-order valence-electron chi connectivity index (χ0n) is 12.1. The highest BCUT2D eigenvalue weighted by molar-refractivity contribution is 6.33. The lowest BCUT2D eigenvalue weighted by Gasteiger charge is -2.32. The molecule has 1 aliphatic heterocycles. The number of aromatic nitrogens is 3. The number of nitrogens with one attached hydrogen (secondary N) is 1. The molecule has 5 nitrogen and oxygen atoms in total. The van der Waals surface area contributed by atoms with Crippen LogP contribution in [0.5, 0.6) is 0 Å². The lowest BCUT2D eigenvalue weighted by atomic mass is 9.93. The van der Waals surface area contributed by atoms with Gasteiger partial charge in [0, 0.05) is 37.0 Å². The minimum absolute atomic E-state index is 0.0176. The monoisotopic (exact) mass is 345 g/mol. The quantitative estimate of drug-likeness (QED) is 0.874. The Morgan fingerprint density at radius 1 is 1.26 bits per heavy atom. The fraction of sp³-hybridized carbons (Fsp3) is 0.429. The first-order chi connectivity index (χ1) is 10.8. The number of aromatic amines is 1. The van der Waals surface area contributed by atoms with Gasteiger partial charge in [-0.05, 0) is 18.9 Å². The Bertz CT molecular complexity index is 692. The van der Waals surface area contributed by atoms with E-state index in [0.29, 0.717) is 30.6 Å². The predicted octanol–water partition coefficient (Wildman–Crippen LogP) is 3.44. The van der Waals surface area contributed by atoms with E-state index in [2.05, 4.69) is 15.2 Å². The standard InChI is InChI=1S/C14H15ClF3N5/c15-10-5-9(14(16,17)18)7-20-13(10)23-3-1-8(2-4-23)11-6-12(19)22-21-11/h5-8H,1-4H2,(H3,19,21,22). The fourth-order valence-corrected chi connectivity index (χ4v) is 3.07. The molecule has 124 valence electrons. The van der Waals surface area contributed by atoms with Crippen molar-refractivity contribution in [3.05, 3.63) is 34.6 Å². The Morgan fingerprint density at radius 3 is 2.48 bits per heavy atom. The molecule has 0 bridgehead atoms. The molecule has 2 aromatic rings. The molecule has 1 fully saturated rings. The summed E-state index contributed by atoms with van der Waals surface area (Å²) in [4.78, 5) is 5.81. The van der Waals surface area contributed by atoms with Gasteiger partial charge < -0.3 is 10.6 Å². The summed E-state index contributed by atoms with van der Waals surface area (Å²) in [5, 5.41) is 6.84. The van der Waals surface area contributed by atoms with Gasteiger partial charge in [0.1, 0.15) is 11.6 Å². The van der Waals surface area contributed by atoms with Crippen molar-refractivity contribution >= 4 is 23.2 Å². The van der Waals surface area contributed by atoms with E-state index in [9.17, 15) is 13.2 Å². The number of halogens is 4. The largest absolute Gasteiger partial charge is 0.417 e. The topological polar surface area (TPSA) is 70.8 Å².